The quantitative estimate of drug-likeness (QED) is 0.464. The fourth-order valence-electron chi connectivity index (χ4n) is 4.40. The Hall–Kier alpha value is -3.68. The van der Waals surface area contributed by atoms with Gasteiger partial charge in [0.15, 0.2) is 0 Å². The minimum absolute atomic E-state index is 0.354. The van der Waals surface area contributed by atoms with Crippen LogP contribution in [0.15, 0.2) is 60.1 Å². The van der Waals surface area contributed by atoms with Crippen molar-refractivity contribution in [3.63, 3.8) is 0 Å². The second kappa shape index (κ2) is 11.0. The maximum Gasteiger partial charge on any atom is 0.343 e. The van der Waals surface area contributed by atoms with Gasteiger partial charge in [0, 0.05) is 18.1 Å². The van der Waals surface area contributed by atoms with Crippen molar-refractivity contribution in [1.82, 2.24) is 15.6 Å². The summed E-state index contributed by atoms with van der Waals surface area (Å²) in [6.07, 6.45) is 9.25. The Balaban J connectivity index is 1.50. The van der Waals surface area contributed by atoms with Crippen LogP contribution in [-0.2, 0) is 9.53 Å². The molecule has 1 atom stereocenters. The summed E-state index contributed by atoms with van der Waals surface area (Å²) >= 11 is 0. The van der Waals surface area contributed by atoms with Crippen LogP contribution in [0.5, 0.6) is 5.75 Å². The Kier molecular flexibility index (Phi) is 7.57. The van der Waals surface area contributed by atoms with Crippen molar-refractivity contribution < 1.29 is 23.9 Å². The summed E-state index contributed by atoms with van der Waals surface area (Å²) in [5, 5.41) is 5.57. The molecule has 0 bridgehead atoms. The summed E-state index contributed by atoms with van der Waals surface area (Å²) in [6, 6.07) is 8.84. The maximum absolute atomic E-state index is 13.1. The highest BCUT2D eigenvalue weighted by molar-refractivity contribution is 5.95. The van der Waals surface area contributed by atoms with Gasteiger partial charge in [-0.2, -0.15) is 0 Å². The van der Waals surface area contributed by atoms with E-state index < -0.39 is 18.0 Å². The minimum atomic E-state index is -0.660. The third-order valence-corrected chi connectivity index (χ3v) is 6.24. The maximum atomic E-state index is 13.1. The first-order valence-corrected chi connectivity index (χ1v) is 11.7. The third kappa shape index (κ3) is 5.62. The third-order valence-electron chi connectivity index (χ3n) is 6.24. The Labute approximate surface area is 198 Å². The number of carbonyl (C=O) groups is 3. The van der Waals surface area contributed by atoms with Gasteiger partial charge >= 0.3 is 18.0 Å². The Morgan fingerprint density at radius 2 is 1.71 bits per heavy atom. The van der Waals surface area contributed by atoms with Gasteiger partial charge in [-0.05, 0) is 55.0 Å². The Morgan fingerprint density at radius 1 is 1.00 bits per heavy atom. The van der Waals surface area contributed by atoms with E-state index in [2.05, 4.69) is 15.6 Å². The van der Waals surface area contributed by atoms with E-state index in [0.29, 0.717) is 47.1 Å². The highest BCUT2D eigenvalue weighted by Gasteiger charge is 2.33. The first-order chi connectivity index (χ1) is 16.5. The molecule has 1 aromatic carbocycles. The zero-order valence-electron chi connectivity index (χ0n) is 19.2. The molecule has 2 aliphatic rings. The van der Waals surface area contributed by atoms with Crippen molar-refractivity contribution in [2.75, 3.05) is 6.61 Å². The number of benzene rings is 1. The lowest BCUT2D eigenvalue weighted by molar-refractivity contribution is -0.141. The van der Waals surface area contributed by atoms with E-state index in [9.17, 15) is 14.4 Å². The topological polar surface area (TPSA) is 107 Å². The molecule has 1 aliphatic carbocycles. The lowest BCUT2D eigenvalue weighted by Gasteiger charge is -2.30. The monoisotopic (exact) mass is 463 g/mol. The number of hydrogen-bond acceptors (Lipinski definition) is 6. The summed E-state index contributed by atoms with van der Waals surface area (Å²) in [6.45, 7) is 2.28. The van der Waals surface area contributed by atoms with Gasteiger partial charge in [-0.3, -0.25) is 4.98 Å². The zero-order valence-corrected chi connectivity index (χ0v) is 19.2. The number of aromatic nitrogens is 1. The van der Waals surface area contributed by atoms with Gasteiger partial charge < -0.3 is 20.1 Å². The zero-order chi connectivity index (χ0) is 23.9. The van der Waals surface area contributed by atoms with Crippen LogP contribution in [0.2, 0.25) is 0 Å². The molecule has 2 amide bonds. The molecule has 2 heterocycles. The molecular weight excluding hydrogens is 434 g/mol. The van der Waals surface area contributed by atoms with E-state index >= 15 is 0 Å². The molecule has 0 spiro atoms. The first kappa shape index (κ1) is 23.5. The molecule has 178 valence electrons. The van der Waals surface area contributed by atoms with Crippen LogP contribution in [0.4, 0.5) is 4.79 Å². The minimum Gasteiger partial charge on any atom is -0.462 e. The molecule has 0 unspecified atom stereocenters. The van der Waals surface area contributed by atoms with Crippen molar-refractivity contribution >= 4 is 18.0 Å². The number of hydrogen-bond donors (Lipinski definition) is 2. The molecule has 4 rings (SSSR count). The van der Waals surface area contributed by atoms with E-state index in [-0.39, 0.29) is 6.03 Å². The largest absolute Gasteiger partial charge is 0.462 e. The fourth-order valence-corrected chi connectivity index (χ4v) is 4.40. The molecule has 1 aromatic heterocycles. The molecule has 2 N–H and O–H groups in total. The van der Waals surface area contributed by atoms with Gasteiger partial charge in [-0.15, -0.1) is 0 Å². The molecule has 1 aliphatic heterocycles. The van der Waals surface area contributed by atoms with Crippen LogP contribution in [-0.4, -0.2) is 29.6 Å². The van der Waals surface area contributed by atoms with Gasteiger partial charge in [-0.25, -0.2) is 14.4 Å². The van der Waals surface area contributed by atoms with E-state index in [1.807, 2.05) is 6.92 Å². The number of urea groups is 1. The second-order valence-electron chi connectivity index (χ2n) is 8.57. The lowest BCUT2D eigenvalue weighted by Crippen LogP contribution is -2.46. The smallest absolute Gasteiger partial charge is 0.343 e. The number of esters is 2. The van der Waals surface area contributed by atoms with Gasteiger partial charge in [0.1, 0.15) is 5.75 Å². The average molecular weight is 464 g/mol. The molecule has 2 aromatic rings. The average Bonchev–Trinajstić information content (AvgIpc) is 2.88. The van der Waals surface area contributed by atoms with Crippen molar-refractivity contribution in [3.8, 4) is 5.75 Å². The van der Waals surface area contributed by atoms with E-state index in [1.54, 1.807) is 36.4 Å². The Morgan fingerprint density at radius 3 is 2.38 bits per heavy atom. The summed E-state index contributed by atoms with van der Waals surface area (Å²) in [4.78, 5) is 41.6. The lowest BCUT2D eigenvalue weighted by atomic mass is 9.90. The highest BCUT2D eigenvalue weighted by Crippen LogP contribution is 2.31. The normalized spacial score (nSPS) is 18.6. The molecule has 1 fully saturated rings. The predicted molar refractivity (Wildman–Crippen MR) is 125 cm³/mol. The van der Waals surface area contributed by atoms with Crippen LogP contribution >= 0.6 is 0 Å². The number of carbonyl (C=O) groups excluding carboxylic acids is 3. The van der Waals surface area contributed by atoms with Crippen LogP contribution in [0.25, 0.3) is 0 Å². The number of nitrogens with zero attached hydrogens (tertiary/aromatic N) is 1. The number of rotatable bonds is 7. The Bertz CT molecular complexity index is 1060. The first-order valence-electron chi connectivity index (χ1n) is 11.7. The number of nitrogens with one attached hydrogen (secondary N) is 2. The van der Waals surface area contributed by atoms with Gasteiger partial charge in [0.2, 0.25) is 0 Å². The second-order valence-corrected chi connectivity index (χ2v) is 8.57. The number of ether oxygens (including phenoxy) is 2. The summed E-state index contributed by atoms with van der Waals surface area (Å²) in [7, 11) is 0. The van der Waals surface area contributed by atoms with Gasteiger partial charge in [0.05, 0.1) is 23.8 Å². The van der Waals surface area contributed by atoms with Crippen molar-refractivity contribution in [2.24, 2.45) is 5.92 Å². The molecule has 8 heteroatoms. The number of amides is 2. The van der Waals surface area contributed by atoms with Crippen molar-refractivity contribution in [1.29, 1.82) is 0 Å². The van der Waals surface area contributed by atoms with Crippen LogP contribution in [0.3, 0.4) is 0 Å². The summed E-state index contributed by atoms with van der Waals surface area (Å²) < 4.78 is 11.1. The van der Waals surface area contributed by atoms with E-state index in [4.69, 9.17) is 9.47 Å². The standard InChI is InChI=1S/C26H29N3O5/c1-2-21-22(25(31)33-16-17-6-4-3-5-7-17)23(29-26(32)28-21)18-8-10-20(11-9-18)34-24(30)19-12-14-27-15-13-19/h8-15,17,23H,2-7,16H2,1H3,(H2,28,29,32)/t23-/m0/s1. The van der Waals surface area contributed by atoms with E-state index in [1.165, 1.54) is 31.7 Å². The van der Waals surface area contributed by atoms with Crippen molar-refractivity contribution in [3.05, 3.63) is 71.2 Å². The fraction of sp³-hybridized carbons (Fsp3) is 0.385. The van der Waals surface area contributed by atoms with Gasteiger partial charge in [-0.1, -0.05) is 38.3 Å². The molecule has 8 nitrogen and oxygen atoms in total. The van der Waals surface area contributed by atoms with Crippen LogP contribution in [0.1, 0.15) is 67.4 Å². The van der Waals surface area contributed by atoms with E-state index in [0.717, 1.165) is 12.8 Å². The summed E-state index contributed by atoms with van der Waals surface area (Å²) in [5.41, 5.74) is 2.03. The number of pyridine rings is 1. The highest BCUT2D eigenvalue weighted by atomic mass is 16.5. The molecule has 0 radical (unpaired) electrons. The molecule has 1 saturated carbocycles. The summed E-state index contributed by atoms with van der Waals surface area (Å²) in [5.74, 6) is -0.173. The van der Waals surface area contributed by atoms with Gasteiger partial charge in [0.25, 0.3) is 0 Å². The SMILES string of the molecule is CCC1=C(C(=O)OCC2CCCCC2)[C@H](c2ccc(OC(=O)c3ccncc3)cc2)NC(=O)N1. The predicted octanol–water partition coefficient (Wildman–Crippen LogP) is 4.44. The molecular formula is C26H29N3O5. The number of allylic oxidation sites excluding steroid dienone is 1. The van der Waals surface area contributed by atoms with Crippen LogP contribution < -0.4 is 15.4 Å². The molecule has 34 heavy (non-hydrogen) atoms. The van der Waals surface area contributed by atoms with Crippen molar-refractivity contribution in [2.45, 2.75) is 51.5 Å². The van der Waals surface area contributed by atoms with Crippen LogP contribution in [0, 0.1) is 5.92 Å². The molecule has 0 saturated heterocycles.